The van der Waals surface area contributed by atoms with E-state index < -0.39 is 12.8 Å². The number of amides is 2. The minimum Gasteiger partial charge on any atom is -0.468 e. The van der Waals surface area contributed by atoms with Gasteiger partial charge in [-0.1, -0.05) is 17.7 Å². The number of aromatic nitrogens is 1. The third-order valence-corrected chi connectivity index (χ3v) is 4.36. The number of alkyl halides is 3. The van der Waals surface area contributed by atoms with E-state index in [0.717, 1.165) is 24.0 Å². The molecular formula is C18H17ClF3N3O2. The fraction of sp³-hybridized carbons (Fsp3) is 0.333. The van der Waals surface area contributed by atoms with E-state index >= 15 is 0 Å². The summed E-state index contributed by atoms with van der Waals surface area (Å²) >= 11 is 5.98. The molecule has 5 nitrogen and oxygen atoms in total. The summed E-state index contributed by atoms with van der Waals surface area (Å²) < 4.78 is 41.2. The summed E-state index contributed by atoms with van der Waals surface area (Å²) in [5, 5.41) is 6.25. The topological polar surface area (TPSA) is 63.2 Å². The standard InChI is InChI=1S/C18H17ClF3N3O2/c19-13-2-3-14-12(8-13)1-4-15(14)25-17(26)24-9-11-5-6-23-16(7-11)27-10-18(20,21)22/h2-3,5-8,15H,1,4,9-10H2,(H2,24,25,26)/t15-/m1/s1. The smallest absolute Gasteiger partial charge is 0.422 e. The van der Waals surface area contributed by atoms with Gasteiger partial charge in [-0.25, -0.2) is 9.78 Å². The number of benzene rings is 1. The van der Waals surface area contributed by atoms with Gasteiger partial charge in [0.05, 0.1) is 6.04 Å². The molecule has 1 aromatic heterocycles. The highest BCUT2D eigenvalue weighted by molar-refractivity contribution is 6.30. The number of carbonyl (C=O) groups is 1. The lowest BCUT2D eigenvalue weighted by Crippen LogP contribution is -2.36. The van der Waals surface area contributed by atoms with Crippen LogP contribution in [0.4, 0.5) is 18.0 Å². The first-order chi connectivity index (χ1) is 12.8. The Bertz CT molecular complexity index is 830. The molecule has 1 aromatic carbocycles. The van der Waals surface area contributed by atoms with Crippen LogP contribution in [0, 0.1) is 0 Å². The Labute approximate surface area is 158 Å². The zero-order chi connectivity index (χ0) is 19.4. The second-order valence-corrected chi connectivity index (χ2v) is 6.60. The van der Waals surface area contributed by atoms with Gasteiger partial charge in [-0.15, -0.1) is 0 Å². The summed E-state index contributed by atoms with van der Waals surface area (Å²) in [6.45, 7) is -1.28. The number of fused-ring (bicyclic) bond motifs is 1. The molecule has 1 aliphatic carbocycles. The molecule has 0 unspecified atom stereocenters. The molecule has 3 rings (SSSR count). The second kappa shape index (κ2) is 8.04. The van der Waals surface area contributed by atoms with Crippen LogP contribution >= 0.6 is 11.6 Å². The summed E-state index contributed by atoms with van der Waals surface area (Å²) in [7, 11) is 0. The van der Waals surface area contributed by atoms with Gasteiger partial charge in [-0.05, 0) is 47.7 Å². The van der Waals surface area contributed by atoms with Gasteiger partial charge in [0.25, 0.3) is 0 Å². The van der Waals surface area contributed by atoms with E-state index in [2.05, 4.69) is 20.4 Å². The Balaban J connectivity index is 1.52. The summed E-state index contributed by atoms with van der Waals surface area (Å²) in [4.78, 5) is 15.9. The van der Waals surface area contributed by atoms with E-state index in [9.17, 15) is 18.0 Å². The Morgan fingerprint density at radius 3 is 2.89 bits per heavy atom. The molecule has 1 aliphatic rings. The van der Waals surface area contributed by atoms with E-state index in [1.807, 2.05) is 12.1 Å². The highest BCUT2D eigenvalue weighted by Gasteiger charge is 2.28. The Morgan fingerprint density at radius 1 is 1.30 bits per heavy atom. The first kappa shape index (κ1) is 19.3. The van der Waals surface area contributed by atoms with E-state index in [1.165, 1.54) is 12.3 Å². The maximum Gasteiger partial charge on any atom is 0.422 e. The molecule has 0 saturated carbocycles. The third kappa shape index (κ3) is 5.50. The first-order valence-electron chi connectivity index (χ1n) is 8.27. The van der Waals surface area contributed by atoms with E-state index in [0.29, 0.717) is 10.6 Å². The largest absolute Gasteiger partial charge is 0.468 e. The predicted octanol–water partition coefficient (Wildman–Crippen LogP) is 4.16. The molecule has 1 heterocycles. The van der Waals surface area contributed by atoms with Gasteiger partial charge in [0.15, 0.2) is 6.61 Å². The highest BCUT2D eigenvalue weighted by atomic mass is 35.5. The van der Waals surface area contributed by atoms with Gasteiger partial charge in [-0.3, -0.25) is 0 Å². The molecule has 0 bridgehead atoms. The zero-order valence-electron chi connectivity index (χ0n) is 14.1. The van der Waals surface area contributed by atoms with Crippen molar-refractivity contribution in [1.82, 2.24) is 15.6 Å². The van der Waals surface area contributed by atoms with Crippen LogP contribution in [-0.4, -0.2) is 23.8 Å². The normalized spacial score (nSPS) is 15.9. The molecule has 27 heavy (non-hydrogen) atoms. The van der Waals surface area contributed by atoms with Crippen molar-refractivity contribution in [2.75, 3.05) is 6.61 Å². The van der Waals surface area contributed by atoms with Crippen molar-refractivity contribution in [1.29, 1.82) is 0 Å². The van der Waals surface area contributed by atoms with Gasteiger partial charge < -0.3 is 15.4 Å². The van der Waals surface area contributed by atoms with Crippen LogP contribution < -0.4 is 15.4 Å². The van der Waals surface area contributed by atoms with Crippen molar-refractivity contribution < 1.29 is 22.7 Å². The van der Waals surface area contributed by atoms with Crippen LogP contribution in [0.25, 0.3) is 0 Å². The van der Waals surface area contributed by atoms with Crippen molar-refractivity contribution in [2.24, 2.45) is 0 Å². The Hall–Kier alpha value is -2.48. The fourth-order valence-electron chi connectivity index (χ4n) is 2.92. The minimum atomic E-state index is -4.43. The number of hydrogen-bond acceptors (Lipinski definition) is 3. The molecule has 1 atom stereocenters. The van der Waals surface area contributed by atoms with Crippen LogP contribution in [0.15, 0.2) is 36.5 Å². The highest BCUT2D eigenvalue weighted by Crippen LogP contribution is 2.32. The van der Waals surface area contributed by atoms with Gasteiger partial charge in [0.1, 0.15) is 0 Å². The van der Waals surface area contributed by atoms with Gasteiger partial charge in [0.2, 0.25) is 5.88 Å². The number of carbonyl (C=O) groups excluding carboxylic acids is 1. The van der Waals surface area contributed by atoms with E-state index in [1.54, 1.807) is 12.1 Å². The quantitative estimate of drug-likeness (QED) is 0.793. The predicted molar refractivity (Wildman–Crippen MR) is 93.7 cm³/mol. The van der Waals surface area contributed by atoms with E-state index in [-0.39, 0.29) is 24.5 Å². The fourth-order valence-corrected chi connectivity index (χ4v) is 3.12. The van der Waals surface area contributed by atoms with Crippen LogP contribution in [0.3, 0.4) is 0 Å². The van der Waals surface area contributed by atoms with Gasteiger partial charge >= 0.3 is 12.2 Å². The third-order valence-electron chi connectivity index (χ3n) is 4.12. The molecule has 2 amide bonds. The number of nitrogens with one attached hydrogen (secondary N) is 2. The molecule has 0 fully saturated rings. The first-order valence-corrected chi connectivity index (χ1v) is 8.65. The number of nitrogens with zero attached hydrogens (tertiary/aromatic N) is 1. The van der Waals surface area contributed by atoms with E-state index in [4.69, 9.17) is 11.6 Å². The number of hydrogen-bond donors (Lipinski definition) is 2. The van der Waals surface area contributed by atoms with Crippen LogP contribution in [0.5, 0.6) is 5.88 Å². The average molecular weight is 400 g/mol. The minimum absolute atomic E-state index is 0.0969. The van der Waals surface area contributed by atoms with Crippen LogP contribution in [-0.2, 0) is 13.0 Å². The molecular weight excluding hydrogens is 383 g/mol. The lowest BCUT2D eigenvalue weighted by atomic mass is 10.1. The number of pyridine rings is 1. The summed E-state index contributed by atoms with van der Waals surface area (Å²) in [6.07, 6.45) is -1.48. The van der Waals surface area contributed by atoms with Crippen molar-refractivity contribution in [3.63, 3.8) is 0 Å². The monoisotopic (exact) mass is 399 g/mol. The second-order valence-electron chi connectivity index (χ2n) is 6.17. The zero-order valence-corrected chi connectivity index (χ0v) is 14.9. The van der Waals surface area contributed by atoms with Crippen molar-refractivity contribution in [3.8, 4) is 5.88 Å². The number of urea groups is 1. The maximum atomic E-state index is 12.2. The van der Waals surface area contributed by atoms with Crippen molar-refractivity contribution in [3.05, 3.63) is 58.2 Å². The van der Waals surface area contributed by atoms with Crippen LogP contribution in [0.2, 0.25) is 5.02 Å². The summed E-state index contributed by atoms with van der Waals surface area (Å²) in [5.74, 6) is -0.145. The molecule has 9 heteroatoms. The number of rotatable bonds is 5. The summed E-state index contributed by atoms with van der Waals surface area (Å²) in [5.41, 5.74) is 2.74. The molecule has 2 aromatic rings. The Kier molecular flexibility index (Phi) is 5.74. The molecule has 0 saturated heterocycles. The maximum absolute atomic E-state index is 12.2. The molecule has 0 aliphatic heterocycles. The van der Waals surface area contributed by atoms with Crippen molar-refractivity contribution >= 4 is 17.6 Å². The number of aryl methyl sites for hydroxylation is 1. The molecule has 0 spiro atoms. The van der Waals surface area contributed by atoms with Gasteiger partial charge in [-0.2, -0.15) is 13.2 Å². The Morgan fingerprint density at radius 2 is 2.11 bits per heavy atom. The molecule has 144 valence electrons. The lowest BCUT2D eigenvalue weighted by molar-refractivity contribution is -0.154. The summed E-state index contributed by atoms with van der Waals surface area (Å²) in [6, 6.07) is 8.08. The number of halogens is 4. The van der Waals surface area contributed by atoms with Crippen molar-refractivity contribution in [2.45, 2.75) is 31.6 Å². The van der Waals surface area contributed by atoms with Crippen LogP contribution in [0.1, 0.15) is 29.2 Å². The average Bonchev–Trinajstić information content (AvgIpc) is 3.00. The molecule has 2 N–H and O–H groups in total. The molecule has 0 radical (unpaired) electrons. The lowest BCUT2D eigenvalue weighted by Gasteiger charge is -2.15. The SMILES string of the molecule is O=C(NCc1ccnc(OCC(F)(F)F)c1)N[C@@H]1CCc2cc(Cl)ccc21. The van der Waals surface area contributed by atoms with Gasteiger partial charge in [0, 0.05) is 23.8 Å². The number of ether oxygens (including phenoxy) is 1.